The Morgan fingerprint density at radius 3 is 2.57 bits per heavy atom. The van der Waals surface area contributed by atoms with Gasteiger partial charge in [-0.2, -0.15) is 15.3 Å². The molecule has 8 rings (SSSR count). The normalized spacial score (nSPS) is 17.9. The molecule has 2 saturated heterocycles. The van der Waals surface area contributed by atoms with Crippen molar-refractivity contribution >= 4 is 39.3 Å². The second kappa shape index (κ2) is 12.0. The van der Waals surface area contributed by atoms with E-state index in [9.17, 15) is 4.79 Å². The molecule has 3 aliphatic rings. The molecule has 1 aliphatic carbocycles. The van der Waals surface area contributed by atoms with Crippen molar-refractivity contribution in [2.75, 3.05) is 39.8 Å². The number of benzene rings is 2. The van der Waals surface area contributed by atoms with Crippen molar-refractivity contribution in [1.29, 1.82) is 0 Å². The number of aryl methyl sites for hydroxylation is 1. The van der Waals surface area contributed by atoms with Crippen molar-refractivity contribution in [1.82, 2.24) is 40.0 Å². The second-order valence-electron chi connectivity index (χ2n) is 13.2. The number of hydrogen-bond acceptors (Lipinski definition) is 6. The minimum absolute atomic E-state index is 0.0155. The molecule has 3 fully saturated rings. The summed E-state index contributed by atoms with van der Waals surface area (Å²) in [6.45, 7) is 15.1. The van der Waals surface area contributed by atoms with Crippen molar-refractivity contribution in [2.24, 2.45) is 5.41 Å². The van der Waals surface area contributed by atoms with Crippen LogP contribution in [0.15, 0.2) is 49.3 Å². The minimum atomic E-state index is 0.0155. The van der Waals surface area contributed by atoms with Crippen LogP contribution in [0.2, 0.25) is 5.02 Å². The monoisotopic (exact) mass is 640 g/mol. The topological polar surface area (TPSA) is 108 Å². The molecule has 11 heteroatoms. The predicted octanol–water partition coefficient (Wildman–Crippen LogP) is 6.32. The van der Waals surface area contributed by atoms with Crippen LogP contribution in [0, 0.1) is 19.3 Å². The van der Waals surface area contributed by atoms with Gasteiger partial charge in [0.1, 0.15) is 5.69 Å². The first-order valence-electron chi connectivity index (χ1n) is 16.1. The molecule has 2 N–H and O–H groups in total. The van der Waals surface area contributed by atoms with Gasteiger partial charge in [0, 0.05) is 71.9 Å². The molecule has 1 amide bonds. The number of hydrogen-bond donors (Lipinski definition) is 2. The fraction of sp³-hybridized carbons (Fsp3) is 0.429. The Hall–Kier alpha value is -3.99. The van der Waals surface area contributed by atoms with Crippen LogP contribution in [-0.4, -0.2) is 91.8 Å². The minimum Gasteiger partial charge on any atom is -0.379 e. The number of nitrogens with zero attached hydrogens (tertiary/aromatic N) is 6. The molecule has 0 bridgehead atoms. The lowest BCUT2D eigenvalue weighted by Gasteiger charge is -2.58. The van der Waals surface area contributed by atoms with Crippen LogP contribution < -0.4 is 0 Å². The Bertz CT molecular complexity index is 1920. The molecule has 240 valence electrons. The molecular weight excluding hydrogens is 600 g/mol. The van der Waals surface area contributed by atoms with E-state index in [1.807, 2.05) is 36.4 Å². The number of nitrogens with one attached hydrogen (secondary N) is 2. The van der Waals surface area contributed by atoms with E-state index in [0.717, 1.165) is 94.5 Å². The van der Waals surface area contributed by atoms with E-state index in [4.69, 9.17) is 21.4 Å². The van der Waals surface area contributed by atoms with Crippen molar-refractivity contribution in [3.63, 3.8) is 0 Å². The Kier molecular flexibility index (Phi) is 7.99. The summed E-state index contributed by atoms with van der Waals surface area (Å²) in [4.78, 5) is 16.3. The van der Waals surface area contributed by atoms with E-state index in [2.05, 4.69) is 62.5 Å². The fourth-order valence-corrected chi connectivity index (χ4v) is 7.75. The summed E-state index contributed by atoms with van der Waals surface area (Å²) in [5.74, 6) is 0.0155. The van der Waals surface area contributed by atoms with Gasteiger partial charge in [0.2, 0.25) is 5.91 Å². The number of aromatic nitrogens is 6. The highest BCUT2D eigenvalue weighted by molar-refractivity contribution is 6.36. The number of ether oxygens (including phenoxy) is 1. The maximum atomic E-state index is 12.0. The lowest BCUT2D eigenvalue weighted by Crippen LogP contribution is -2.63. The summed E-state index contributed by atoms with van der Waals surface area (Å²) < 4.78 is 7.30. The molecule has 0 atom stereocenters. The van der Waals surface area contributed by atoms with Crippen LogP contribution in [0.4, 0.5) is 0 Å². The Morgan fingerprint density at radius 2 is 1.85 bits per heavy atom. The summed E-state index contributed by atoms with van der Waals surface area (Å²) in [6, 6.07) is 8.55. The van der Waals surface area contributed by atoms with Gasteiger partial charge >= 0.3 is 0 Å². The van der Waals surface area contributed by atoms with Crippen LogP contribution in [0.25, 0.3) is 44.2 Å². The van der Waals surface area contributed by atoms with E-state index < -0.39 is 0 Å². The number of rotatable bonds is 7. The van der Waals surface area contributed by atoms with Gasteiger partial charge in [0.25, 0.3) is 0 Å². The lowest BCUT2D eigenvalue weighted by atomic mass is 9.60. The SMILES string of the molecule is C=CC(=O)N1CC2(CC(n3nc(-c4ccc5[nH]ncc5c4)c(-c4c(Cl)c(C)cc5[nH]ncc45)c3C)C2)C1.CCCN1CC(OC)C1. The number of carbonyl (C=O) groups is 1. The zero-order valence-corrected chi connectivity index (χ0v) is 27.7. The molecule has 2 aliphatic heterocycles. The molecule has 1 saturated carbocycles. The Labute approximate surface area is 273 Å². The smallest absolute Gasteiger partial charge is 0.245 e. The van der Waals surface area contributed by atoms with Gasteiger partial charge in [-0.15, -0.1) is 0 Å². The van der Waals surface area contributed by atoms with Gasteiger partial charge < -0.3 is 9.64 Å². The van der Waals surface area contributed by atoms with E-state index >= 15 is 0 Å². The standard InChI is InChI=1S/C28H26ClN7O.C7H15NO/c1-4-23(37)35-13-28(14-35)9-19(10-28)36-16(3)24(25-20-12-31-33-22(20)7-15(2)26(25)29)27(34-36)17-5-6-21-18(8-17)11-30-32-21;1-3-4-8-5-7(6-8)9-2/h4-8,11-12,19H,1,9-10,13-14H2,2-3H3,(H,30,32)(H,31,33);7H,3-6H2,1-2H3. The zero-order valence-electron chi connectivity index (χ0n) is 26.9. The van der Waals surface area contributed by atoms with Crippen LogP contribution in [0.3, 0.4) is 0 Å². The van der Waals surface area contributed by atoms with E-state index in [-0.39, 0.29) is 17.4 Å². The average Bonchev–Trinajstić information content (AvgIpc) is 3.73. The first-order valence-corrected chi connectivity index (χ1v) is 16.4. The van der Waals surface area contributed by atoms with Gasteiger partial charge in [-0.25, -0.2) is 0 Å². The van der Waals surface area contributed by atoms with Gasteiger partial charge in [-0.05, 0) is 69.5 Å². The molecule has 0 unspecified atom stereocenters. The summed E-state index contributed by atoms with van der Waals surface area (Å²) in [6.07, 6.45) is 8.86. The number of methoxy groups -OCH3 is 1. The maximum absolute atomic E-state index is 12.0. The van der Waals surface area contributed by atoms with Crippen LogP contribution in [-0.2, 0) is 9.53 Å². The van der Waals surface area contributed by atoms with Crippen molar-refractivity contribution in [2.45, 2.75) is 52.2 Å². The molecule has 2 aromatic carbocycles. The quantitative estimate of drug-likeness (QED) is 0.202. The van der Waals surface area contributed by atoms with E-state index in [1.165, 1.54) is 19.0 Å². The molecule has 0 radical (unpaired) electrons. The number of H-pyrrole nitrogens is 2. The molecule has 5 aromatic rings. The van der Waals surface area contributed by atoms with E-state index in [1.54, 1.807) is 7.11 Å². The van der Waals surface area contributed by atoms with Gasteiger partial charge in [-0.1, -0.05) is 31.2 Å². The molecule has 10 nitrogen and oxygen atoms in total. The van der Waals surface area contributed by atoms with Crippen molar-refractivity contribution < 1.29 is 9.53 Å². The van der Waals surface area contributed by atoms with Crippen LogP contribution >= 0.6 is 11.6 Å². The predicted molar refractivity (Wildman–Crippen MR) is 182 cm³/mol. The highest BCUT2D eigenvalue weighted by Gasteiger charge is 2.54. The van der Waals surface area contributed by atoms with Gasteiger partial charge in [-0.3, -0.25) is 24.6 Å². The number of aromatic amines is 2. The lowest BCUT2D eigenvalue weighted by molar-refractivity contribution is -0.149. The third-order valence-electron chi connectivity index (χ3n) is 10.00. The van der Waals surface area contributed by atoms with Gasteiger partial charge in [0.05, 0.1) is 40.6 Å². The maximum Gasteiger partial charge on any atom is 0.245 e. The average molecular weight is 641 g/mol. The van der Waals surface area contributed by atoms with Crippen molar-refractivity contribution in [3.05, 3.63) is 65.6 Å². The highest BCUT2D eigenvalue weighted by atomic mass is 35.5. The van der Waals surface area contributed by atoms with Gasteiger partial charge in [0.15, 0.2) is 0 Å². The van der Waals surface area contributed by atoms with E-state index in [0.29, 0.717) is 11.1 Å². The first-order chi connectivity index (χ1) is 22.2. The molecule has 46 heavy (non-hydrogen) atoms. The number of halogens is 1. The second-order valence-corrected chi connectivity index (χ2v) is 13.6. The number of likely N-dealkylation sites (tertiary alicyclic amines) is 2. The van der Waals surface area contributed by atoms with Crippen LogP contribution in [0.5, 0.6) is 0 Å². The molecular formula is C35H41ClN8O2. The third kappa shape index (κ3) is 5.22. The molecule has 5 heterocycles. The largest absolute Gasteiger partial charge is 0.379 e. The zero-order chi connectivity index (χ0) is 32.2. The number of amides is 1. The molecule has 1 spiro atoms. The highest BCUT2D eigenvalue weighted by Crippen LogP contribution is 2.55. The number of fused-ring (bicyclic) bond motifs is 2. The summed E-state index contributed by atoms with van der Waals surface area (Å²) in [5.41, 5.74) is 8.08. The third-order valence-corrected chi connectivity index (χ3v) is 10.5. The molecule has 3 aromatic heterocycles. The van der Waals surface area contributed by atoms with Crippen molar-refractivity contribution in [3.8, 4) is 22.4 Å². The fourth-order valence-electron chi connectivity index (χ4n) is 7.50. The first kappa shape index (κ1) is 30.7. The number of carbonyl (C=O) groups excluding carboxylic acids is 1. The Balaban J connectivity index is 0.000000326. The summed E-state index contributed by atoms with van der Waals surface area (Å²) in [7, 11) is 1.79. The summed E-state index contributed by atoms with van der Waals surface area (Å²) >= 11 is 7.01. The van der Waals surface area contributed by atoms with Crippen LogP contribution in [0.1, 0.15) is 43.5 Å². The summed E-state index contributed by atoms with van der Waals surface area (Å²) in [5, 5.41) is 22.6. The Morgan fingerprint density at radius 1 is 1.11 bits per heavy atom.